The first kappa shape index (κ1) is 20.0. The van der Waals surface area contributed by atoms with Crippen molar-refractivity contribution in [2.24, 2.45) is 0 Å². The molecule has 0 amide bonds. The third-order valence-corrected chi connectivity index (χ3v) is 5.48. The zero-order valence-electron chi connectivity index (χ0n) is 16.7. The number of para-hydroxylation sites is 2. The fourth-order valence-electron chi connectivity index (χ4n) is 3.13. The van der Waals surface area contributed by atoms with E-state index in [9.17, 15) is 4.79 Å². The molecular formula is C23H21N3O3S. The Balaban J connectivity index is 1.53. The highest BCUT2D eigenvalue weighted by molar-refractivity contribution is 7.99. The van der Waals surface area contributed by atoms with Crippen molar-refractivity contribution in [1.82, 2.24) is 14.8 Å². The summed E-state index contributed by atoms with van der Waals surface area (Å²) in [7, 11) is 0. The third-order valence-electron chi connectivity index (χ3n) is 4.59. The number of carbonyl (C=O) groups excluding carboxylic acids is 1. The molecule has 0 spiro atoms. The lowest BCUT2D eigenvalue weighted by Crippen LogP contribution is -2.06. The first-order valence-electron chi connectivity index (χ1n) is 9.56. The molecule has 0 aliphatic carbocycles. The Labute approximate surface area is 178 Å². The van der Waals surface area contributed by atoms with E-state index >= 15 is 0 Å². The van der Waals surface area contributed by atoms with Crippen LogP contribution in [0.4, 0.5) is 0 Å². The number of aryl methyl sites for hydroxylation is 1. The van der Waals surface area contributed by atoms with Crippen LogP contribution in [-0.4, -0.2) is 32.9 Å². The molecule has 2 aromatic heterocycles. The number of rotatable bonds is 8. The number of furan rings is 1. The molecule has 4 rings (SSSR count). The van der Waals surface area contributed by atoms with Crippen molar-refractivity contribution in [3.63, 3.8) is 0 Å². The molecule has 6 nitrogen and oxygen atoms in total. The number of ether oxygens (including phenoxy) is 1. The van der Waals surface area contributed by atoms with Gasteiger partial charge in [-0.3, -0.25) is 9.36 Å². The number of ketones is 1. The molecule has 0 N–H and O–H groups in total. The zero-order chi connectivity index (χ0) is 20.9. The first-order chi connectivity index (χ1) is 14.6. The summed E-state index contributed by atoms with van der Waals surface area (Å²) >= 11 is 1.55. The molecule has 0 saturated heterocycles. The fourth-order valence-corrected chi connectivity index (χ4v) is 3.90. The Bertz CT molecular complexity index is 1150. The molecule has 152 valence electrons. The topological polar surface area (TPSA) is 70.2 Å². The summed E-state index contributed by atoms with van der Waals surface area (Å²) in [6.07, 6.45) is 1.65. The molecule has 0 unspecified atom stereocenters. The largest absolute Gasteiger partial charge is 0.492 e. The number of Topliss-reactive ketones (excluding diaryl/α,β-unsaturated/α-hetero) is 1. The van der Waals surface area contributed by atoms with E-state index in [1.165, 1.54) is 0 Å². The van der Waals surface area contributed by atoms with E-state index in [-0.39, 0.29) is 5.78 Å². The normalized spacial score (nSPS) is 10.9. The van der Waals surface area contributed by atoms with Crippen LogP contribution in [0.3, 0.4) is 0 Å². The predicted octanol–water partition coefficient (Wildman–Crippen LogP) is 5.21. The molecule has 0 bridgehead atoms. The van der Waals surface area contributed by atoms with E-state index in [1.807, 2.05) is 66.1 Å². The molecule has 0 atom stereocenters. The maximum absolute atomic E-state index is 11.8. The van der Waals surface area contributed by atoms with Crippen LogP contribution < -0.4 is 4.74 Å². The second-order valence-electron chi connectivity index (χ2n) is 6.62. The van der Waals surface area contributed by atoms with Gasteiger partial charge in [0.25, 0.3) is 0 Å². The van der Waals surface area contributed by atoms with Gasteiger partial charge in [-0.2, -0.15) is 0 Å². The summed E-state index contributed by atoms with van der Waals surface area (Å²) in [4.78, 5) is 11.8. The highest BCUT2D eigenvalue weighted by Gasteiger charge is 2.19. The maximum Gasteiger partial charge on any atom is 0.196 e. The summed E-state index contributed by atoms with van der Waals surface area (Å²) in [5, 5.41) is 9.59. The highest BCUT2D eigenvalue weighted by atomic mass is 32.2. The second-order valence-corrected chi connectivity index (χ2v) is 7.68. The minimum absolute atomic E-state index is 0.0119. The summed E-state index contributed by atoms with van der Waals surface area (Å²) in [6.45, 7) is 3.89. The van der Waals surface area contributed by atoms with Crippen LogP contribution in [-0.2, 0) is 0 Å². The first-order valence-corrected chi connectivity index (χ1v) is 10.5. The van der Waals surface area contributed by atoms with Gasteiger partial charge in [0.2, 0.25) is 0 Å². The molecule has 30 heavy (non-hydrogen) atoms. The van der Waals surface area contributed by atoms with E-state index in [0.29, 0.717) is 23.7 Å². The Morgan fingerprint density at radius 2 is 1.83 bits per heavy atom. The minimum atomic E-state index is -0.0119. The molecule has 4 aromatic rings. The third kappa shape index (κ3) is 4.16. The molecule has 0 aliphatic rings. The molecule has 7 heteroatoms. The molecule has 0 radical (unpaired) electrons. The van der Waals surface area contributed by atoms with Gasteiger partial charge in [0.15, 0.2) is 16.8 Å². The van der Waals surface area contributed by atoms with Gasteiger partial charge in [0, 0.05) is 11.4 Å². The molecule has 2 aromatic carbocycles. The summed E-state index contributed by atoms with van der Waals surface area (Å²) < 4.78 is 13.3. The molecular weight excluding hydrogens is 398 g/mol. The van der Waals surface area contributed by atoms with Crippen molar-refractivity contribution in [2.75, 3.05) is 12.4 Å². The summed E-state index contributed by atoms with van der Waals surface area (Å²) in [6, 6.07) is 19.2. The quantitative estimate of drug-likeness (QED) is 0.222. The van der Waals surface area contributed by atoms with Crippen molar-refractivity contribution in [3.05, 3.63) is 78.3 Å². The highest BCUT2D eigenvalue weighted by Crippen LogP contribution is 2.30. The lowest BCUT2D eigenvalue weighted by atomic mass is 10.1. The van der Waals surface area contributed by atoms with Crippen LogP contribution in [0.2, 0.25) is 0 Å². The van der Waals surface area contributed by atoms with Gasteiger partial charge in [0.1, 0.15) is 11.5 Å². The predicted molar refractivity (Wildman–Crippen MR) is 116 cm³/mol. The lowest BCUT2D eigenvalue weighted by molar-refractivity contribution is 0.101. The maximum atomic E-state index is 11.8. The Morgan fingerprint density at radius 3 is 2.57 bits per heavy atom. The standard InChI is InChI=1S/C23H21N3O3S/c1-16(27)19-10-6-7-11-21(19)29-14-15-30-23-25-24-22(20-12-13-28-17(20)2)26(23)18-8-4-3-5-9-18/h3-13H,14-15H2,1-2H3. The van der Waals surface area contributed by atoms with Gasteiger partial charge >= 0.3 is 0 Å². The van der Waals surface area contributed by atoms with Crippen molar-refractivity contribution < 1.29 is 13.9 Å². The number of hydrogen-bond acceptors (Lipinski definition) is 6. The van der Waals surface area contributed by atoms with Gasteiger partial charge in [-0.25, -0.2) is 0 Å². The van der Waals surface area contributed by atoms with E-state index in [4.69, 9.17) is 9.15 Å². The van der Waals surface area contributed by atoms with Gasteiger partial charge < -0.3 is 9.15 Å². The number of benzene rings is 2. The Kier molecular flexibility index (Phi) is 5.99. The Hall–Kier alpha value is -3.32. The number of hydrogen-bond donors (Lipinski definition) is 0. The number of carbonyl (C=O) groups is 1. The molecule has 0 saturated carbocycles. The van der Waals surface area contributed by atoms with E-state index < -0.39 is 0 Å². The Morgan fingerprint density at radius 1 is 1.07 bits per heavy atom. The van der Waals surface area contributed by atoms with Crippen molar-refractivity contribution in [2.45, 2.75) is 19.0 Å². The average molecular weight is 420 g/mol. The van der Waals surface area contributed by atoms with Crippen LogP contribution in [0.1, 0.15) is 23.0 Å². The SMILES string of the molecule is CC(=O)c1ccccc1OCCSc1nnc(-c2ccoc2C)n1-c1ccccc1. The van der Waals surface area contributed by atoms with Crippen LogP contribution >= 0.6 is 11.8 Å². The monoisotopic (exact) mass is 419 g/mol. The smallest absolute Gasteiger partial charge is 0.196 e. The zero-order valence-corrected chi connectivity index (χ0v) is 17.6. The van der Waals surface area contributed by atoms with Gasteiger partial charge in [-0.1, -0.05) is 42.1 Å². The summed E-state index contributed by atoms with van der Waals surface area (Å²) in [5.74, 6) is 2.77. The lowest BCUT2D eigenvalue weighted by Gasteiger charge is -2.11. The second kappa shape index (κ2) is 9.00. The van der Waals surface area contributed by atoms with Crippen molar-refractivity contribution in [1.29, 1.82) is 0 Å². The molecule has 0 fully saturated rings. The minimum Gasteiger partial charge on any atom is -0.492 e. The van der Waals surface area contributed by atoms with Gasteiger partial charge in [-0.15, -0.1) is 10.2 Å². The fraction of sp³-hybridized carbons (Fsp3) is 0.174. The van der Waals surface area contributed by atoms with E-state index in [1.54, 1.807) is 31.0 Å². The van der Waals surface area contributed by atoms with Gasteiger partial charge in [-0.05, 0) is 44.2 Å². The van der Waals surface area contributed by atoms with Gasteiger partial charge in [0.05, 0.1) is 24.0 Å². The number of aromatic nitrogens is 3. The molecule has 2 heterocycles. The van der Waals surface area contributed by atoms with Crippen LogP contribution in [0, 0.1) is 6.92 Å². The average Bonchev–Trinajstić information content (AvgIpc) is 3.37. The summed E-state index contributed by atoms with van der Waals surface area (Å²) in [5.41, 5.74) is 2.47. The van der Waals surface area contributed by atoms with Crippen LogP contribution in [0.5, 0.6) is 5.75 Å². The number of nitrogens with zero attached hydrogens (tertiary/aromatic N) is 3. The van der Waals surface area contributed by atoms with Crippen LogP contribution in [0.25, 0.3) is 17.1 Å². The molecule has 0 aliphatic heterocycles. The number of thioether (sulfide) groups is 1. The van der Waals surface area contributed by atoms with Crippen molar-refractivity contribution in [3.8, 4) is 22.8 Å². The van der Waals surface area contributed by atoms with Crippen molar-refractivity contribution >= 4 is 17.5 Å². The van der Waals surface area contributed by atoms with E-state index in [0.717, 1.165) is 28.0 Å². The van der Waals surface area contributed by atoms with E-state index in [2.05, 4.69) is 10.2 Å². The van der Waals surface area contributed by atoms with Crippen LogP contribution in [0.15, 0.2) is 76.5 Å².